The molecule has 1 saturated heterocycles. The van der Waals surface area contributed by atoms with E-state index in [1.807, 2.05) is 0 Å². The topological polar surface area (TPSA) is 40.6 Å². The van der Waals surface area contributed by atoms with Crippen LogP contribution < -0.4 is 0 Å². The van der Waals surface area contributed by atoms with Crippen molar-refractivity contribution in [3.05, 3.63) is 12.2 Å². The Kier molecular flexibility index (Phi) is 3.31. The van der Waals surface area contributed by atoms with Gasteiger partial charge in [-0.3, -0.25) is 9.69 Å². The Hall–Kier alpha value is -1.03. The van der Waals surface area contributed by atoms with E-state index < -0.39 is 0 Å². The average Bonchev–Trinajstić information content (AvgIpc) is 2.32. The summed E-state index contributed by atoms with van der Waals surface area (Å²) in [5.74, 6) is 0.234. The molecule has 1 fully saturated rings. The predicted molar refractivity (Wildman–Crippen MR) is 49.6 cm³/mol. The Bertz CT molecular complexity index is 253. The predicted octanol–water partition coefficient (Wildman–Crippen LogP) is 0.675. The zero-order valence-corrected chi connectivity index (χ0v) is 8.12. The van der Waals surface area contributed by atoms with Crippen LogP contribution in [0.1, 0.15) is 0 Å². The number of halogens is 1. The van der Waals surface area contributed by atoms with Gasteiger partial charge in [0.25, 0.3) is 5.91 Å². The normalized spacial score (nSPS) is 18.0. The number of hydrogen-bond donors (Lipinski definition) is 0. The molecule has 0 aliphatic carbocycles. The van der Waals surface area contributed by atoms with Gasteiger partial charge in [-0.2, -0.15) is 0 Å². The standard InChI is InChI=1S/C8H11ClN2O2/c1-10-6-7(12)11(8(10)13)5-3-2-4-9/h2-3H,4-6H2,1H3/b3-2+. The molecule has 1 aliphatic rings. The Morgan fingerprint density at radius 1 is 1.46 bits per heavy atom. The fraction of sp³-hybridized carbons (Fsp3) is 0.500. The highest BCUT2D eigenvalue weighted by Crippen LogP contribution is 2.07. The van der Waals surface area contributed by atoms with Crippen molar-refractivity contribution in [2.75, 3.05) is 26.0 Å². The van der Waals surface area contributed by atoms with Crippen molar-refractivity contribution in [1.82, 2.24) is 9.80 Å². The summed E-state index contributed by atoms with van der Waals surface area (Å²) in [6.07, 6.45) is 3.42. The van der Waals surface area contributed by atoms with Gasteiger partial charge in [0.2, 0.25) is 0 Å². The Morgan fingerprint density at radius 2 is 2.15 bits per heavy atom. The maximum absolute atomic E-state index is 11.3. The third kappa shape index (κ3) is 2.21. The molecule has 5 heteroatoms. The Labute approximate surface area is 81.7 Å². The lowest BCUT2D eigenvalue weighted by atomic mass is 10.4. The van der Waals surface area contributed by atoms with Crippen LogP contribution in [0.3, 0.4) is 0 Å². The van der Waals surface area contributed by atoms with E-state index in [0.29, 0.717) is 12.4 Å². The second-order valence-electron chi connectivity index (χ2n) is 2.77. The van der Waals surface area contributed by atoms with Crippen molar-refractivity contribution < 1.29 is 9.59 Å². The van der Waals surface area contributed by atoms with Gasteiger partial charge in [-0.15, -0.1) is 11.6 Å². The van der Waals surface area contributed by atoms with Gasteiger partial charge in [0.15, 0.2) is 0 Å². The molecule has 1 aliphatic heterocycles. The molecular weight excluding hydrogens is 192 g/mol. The van der Waals surface area contributed by atoms with E-state index in [-0.39, 0.29) is 18.5 Å². The number of amides is 3. The van der Waals surface area contributed by atoms with E-state index in [0.717, 1.165) is 0 Å². The number of urea groups is 1. The highest BCUT2D eigenvalue weighted by Gasteiger charge is 2.32. The maximum Gasteiger partial charge on any atom is 0.327 e. The van der Waals surface area contributed by atoms with Crippen LogP contribution in [0.4, 0.5) is 4.79 Å². The lowest BCUT2D eigenvalue weighted by Gasteiger charge is -2.10. The van der Waals surface area contributed by atoms with Crippen molar-refractivity contribution in [2.24, 2.45) is 0 Å². The number of carbonyl (C=O) groups is 2. The van der Waals surface area contributed by atoms with Crippen molar-refractivity contribution in [3.8, 4) is 0 Å². The maximum atomic E-state index is 11.3. The second-order valence-corrected chi connectivity index (χ2v) is 3.08. The molecular formula is C8H11ClN2O2. The van der Waals surface area contributed by atoms with Gasteiger partial charge in [0.05, 0.1) is 0 Å². The summed E-state index contributed by atoms with van der Waals surface area (Å²) < 4.78 is 0. The fourth-order valence-electron chi connectivity index (χ4n) is 1.09. The molecule has 1 heterocycles. The minimum absolute atomic E-state index is 0.160. The number of nitrogens with zero attached hydrogens (tertiary/aromatic N) is 2. The van der Waals surface area contributed by atoms with Crippen molar-refractivity contribution in [1.29, 1.82) is 0 Å². The minimum Gasteiger partial charge on any atom is -0.318 e. The summed E-state index contributed by atoms with van der Waals surface area (Å²) in [5, 5.41) is 0. The second kappa shape index (κ2) is 4.28. The first-order valence-corrected chi connectivity index (χ1v) is 4.46. The highest BCUT2D eigenvalue weighted by atomic mass is 35.5. The van der Waals surface area contributed by atoms with Crippen LogP contribution in [0.2, 0.25) is 0 Å². The highest BCUT2D eigenvalue weighted by molar-refractivity contribution is 6.18. The molecule has 72 valence electrons. The Balaban J connectivity index is 2.54. The number of carbonyl (C=O) groups excluding carboxylic acids is 2. The van der Waals surface area contributed by atoms with Crippen molar-refractivity contribution >= 4 is 23.5 Å². The molecule has 0 bridgehead atoms. The molecule has 0 radical (unpaired) electrons. The molecule has 0 saturated carbocycles. The lowest BCUT2D eigenvalue weighted by Crippen LogP contribution is -2.31. The number of hydrogen-bond acceptors (Lipinski definition) is 2. The molecule has 3 amide bonds. The number of likely N-dealkylation sites (N-methyl/N-ethyl adjacent to an activating group) is 1. The number of alkyl halides is 1. The van der Waals surface area contributed by atoms with Crippen LogP contribution in [0.15, 0.2) is 12.2 Å². The molecule has 0 unspecified atom stereocenters. The SMILES string of the molecule is CN1CC(=O)N(C/C=C/CCl)C1=O. The van der Waals surface area contributed by atoms with E-state index in [4.69, 9.17) is 11.6 Å². The monoisotopic (exact) mass is 202 g/mol. The molecule has 0 aromatic heterocycles. The Morgan fingerprint density at radius 3 is 2.62 bits per heavy atom. The van der Waals surface area contributed by atoms with Gasteiger partial charge in [0.1, 0.15) is 6.54 Å². The van der Waals surface area contributed by atoms with Gasteiger partial charge in [0, 0.05) is 19.5 Å². The molecule has 0 N–H and O–H groups in total. The van der Waals surface area contributed by atoms with Gasteiger partial charge in [-0.1, -0.05) is 12.2 Å². The summed E-state index contributed by atoms with van der Waals surface area (Å²) in [4.78, 5) is 25.0. The summed E-state index contributed by atoms with van der Waals surface area (Å²) in [7, 11) is 1.60. The molecule has 4 nitrogen and oxygen atoms in total. The smallest absolute Gasteiger partial charge is 0.318 e. The quantitative estimate of drug-likeness (QED) is 0.384. The van der Waals surface area contributed by atoms with Gasteiger partial charge >= 0.3 is 6.03 Å². The average molecular weight is 203 g/mol. The van der Waals surface area contributed by atoms with Crippen molar-refractivity contribution in [3.63, 3.8) is 0 Å². The summed E-state index contributed by atoms with van der Waals surface area (Å²) >= 11 is 5.40. The van der Waals surface area contributed by atoms with Gasteiger partial charge in [-0.25, -0.2) is 4.79 Å². The van der Waals surface area contributed by atoms with Gasteiger partial charge in [-0.05, 0) is 0 Å². The largest absolute Gasteiger partial charge is 0.327 e. The summed E-state index contributed by atoms with van der Waals surface area (Å²) in [6, 6.07) is -0.246. The van der Waals surface area contributed by atoms with E-state index in [2.05, 4.69) is 0 Å². The molecule has 0 atom stereocenters. The lowest BCUT2D eigenvalue weighted by molar-refractivity contribution is -0.124. The first-order chi connectivity index (χ1) is 6.16. The molecule has 0 aromatic rings. The van der Waals surface area contributed by atoms with E-state index >= 15 is 0 Å². The molecule has 13 heavy (non-hydrogen) atoms. The van der Waals surface area contributed by atoms with Crippen LogP contribution in [0.5, 0.6) is 0 Å². The first kappa shape index (κ1) is 10.1. The van der Waals surface area contributed by atoms with E-state index in [1.54, 1.807) is 19.2 Å². The van der Waals surface area contributed by atoms with Crippen LogP contribution in [-0.2, 0) is 4.79 Å². The van der Waals surface area contributed by atoms with Crippen LogP contribution in [0.25, 0.3) is 0 Å². The number of rotatable bonds is 3. The molecule has 0 spiro atoms. The van der Waals surface area contributed by atoms with E-state index in [1.165, 1.54) is 9.80 Å². The van der Waals surface area contributed by atoms with Gasteiger partial charge < -0.3 is 4.90 Å². The fourth-order valence-corrected chi connectivity index (χ4v) is 1.22. The summed E-state index contributed by atoms with van der Waals surface area (Å²) in [5.41, 5.74) is 0. The third-order valence-electron chi connectivity index (χ3n) is 1.77. The number of imide groups is 1. The third-order valence-corrected chi connectivity index (χ3v) is 1.95. The first-order valence-electron chi connectivity index (χ1n) is 3.93. The van der Waals surface area contributed by atoms with Crippen molar-refractivity contribution in [2.45, 2.75) is 0 Å². The summed E-state index contributed by atoms with van der Waals surface area (Å²) in [6.45, 7) is 0.488. The van der Waals surface area contributed by atoms with Crippen LogP contribution in [-0.4, -0.2) is 47.8 Å². The zero-order valence-electron chi connectivity index (χ0n) is 7.36. The van der Waals surface area contributed by atoms with Crippen LogP contribution >= 0.6 is 11.6 Å². The molecule has 1 rings (SSSR count). The number of allylic oxidation sites excluding steroid dienone is 1. The minimum atomic E-state index is -0.246. The van der Waals surface area contributed by atoms with Crippen LogP contribution in [0, 0.1) is 0 Å². The zero-order chi connectivity index (χ0) is 9.84. The van der Waals surface area contributed by atoms with E-state index in [9.17, 15) is 9.59 Å². The molecule has 0 aromatic carbocycles.